The Balaban J connectivity index is 2.44. The van der Waals surface area contributed by atoms with E-state index >= 15 is 0 Å². The monoisotopic (exact) mass is 191 g/mol. The fourth-order valence-electron chi connectivity index (χ4n) is 2.11. The van der Waals surface area contributed by atoms with Gasteiger partial charge in [-0.15, -0.1) is 0 Å². The number of fused-ring (bicyclic) bond motifs is 1. The molecule has 14 heavy (non-hydrogen) atoms. The zero-order chi connectivity index (χ0) is 10.1. The highest BCUT2D eigenvalue weighted by Crippen LogP contribution is 2.36. The van der Waals surface area contributed by atoms with Crippen LogP contribution in [0.3, 0.4) is 0 Å². The topological polar surface area (TPSA) is 32.3 Å². The van der Waals surface area contributed by atoms with Crippen LogP contribution in [0.2, 0.25) is 0 Å². The Labute approximate surface area is 85.0 Å². The maximum absolute atomic E-state index is 9.20. The van der Waals surface area contributed by atoms with E-state index in [0.717, 1.165) is 6.54 Å². The predicted molar refractivity (Wildman–Crippen MR) is 58.8 cm³/mol. The minimum atomic E-state index is 0.238. The fraction of sp³-hybridized carbons (Fsp3) is 0.500. The van der Waals surface area contributed by atoms with Crippen molar-refractivity contribution in [3.63, 3.8) is 0 Å². The fourth-order valence-corrected chi connectivity index (χ4v) is 2.11. The molecule has 1 aromatic carbocycles. The Morgan fingerprint density at radius 1 is 1.50 bits per heavy atom. The molecule has 1 unspecified atom stereocenters. The lowest BCUT2D eigenvalue weighted by molar-refractivity contribution is 0.273. The third-order valence-electron chi connectivity index (χ3n) is 2.94. The van der Waals surface area contributed by atoms with Gasteiger partial charge in [-0.25, -0.2) is 0 Å². The number of nitrogens with one attached hydrogen (secondary N) is 1. The van der Waals surface area contributed by atoms with Gasteiger partial charge in [-0.3, -0.25) is 0 Å². The second-order valence-electron chi connectivity index (χ2n) is 4.23. The van der Waals surface area contributed by atoms with Crippen molar-refractivity contribution in [3.05, 3.63) is 29.3 Å². The summed E-state index contributed by atoms with van der Waals surface area (Å²) in [5.74, 6) is 0.818. The van der Waals surface area contributed by atoms with E-state index in [1.807, 2.05) is 0 Å². The Hall–Kier alpha value is -1.02. The van der Waals surface area contributed by atoms with Gasteiger partial charge in [0, 0.05) is 18.2 Å². The highest BCUT2D eigenvalue weighted by atomic mass is 16.3. The molecule has 1 aliphatic rings. The molecule has 2 rings (SSSR count). The standard InChI is InChI=1S/C12H17NO/c1-8(2)10-4-3-5-11-9(7-14)6-13-12(10)11/h3-5,8-9,13-14H,6-7H2,1-2H3. The summed E-state index contributed by atoms with van der Waals surface area (Å²) >= 11 is 0. The van der Waals surface area contributed by atoms with Crippen molar-refractivity contribution in [2.24, 2.45) is 0 Å². The zero-order valence-electron chi connectivity index (χ0n) is 8.75. The second-order valence-corrected chi connectivity index (χ2v) is 4.23. The average Bonchev–Trinajstić information content (AvgIpc) is 2.59. The highest BCUT2D eigenvalue weighted by Gasteiger charge is 2.23. The van der Waals surface area contributed by atoms with Crippen LogP contribution in [0.4, 0.5) is 5.69 Å². The third kappa shape index (κ3) is 1.40. The molecule has 76 valence electrons. The van der Waals surface area contributed by atoms with E-state index in [4.69, 9.17) is 0 Å². The van der Waals surface area contributed by atoms with Crippen molar-refractivity contribution >= 4 is 5.69 Å². The number of para-hydroxylation sites is 1. The van der Waals surface area contributed by atoms with Gasteiger partial charge in [0.15, 0.2) is 0 Å². The number of benzene rings is 1. The van der Waals surface area contributed by atoms with Crippen molar-refractivity contribution < 1.29 is 5.11 Å². The molecule has 0 amide bonds. The molecule has 0 bridgehead atoms. The summed E-state index contributed by atoms with van der Waals surface area (Å²) in [6.07, 6.45) is 0. The van der Waals surface area contributed by atoms with Gasteiger partial charge in [-0.1, -0.05) is 32.0 Å². The van der Waals surface area contributed by atoms with Crippen LogP contribution in [0, 0.1) is 0 Å². The summed E-state index contributed by atoms with van der Waals surface area (Å²) in [4.78, 5) is 0. The van der Waals surface area contributed by atoms with Gasteiger partial charge in [-0.2, -0.15) is 0 Å². The molecule has 0 saturated carbocycles. The maximum Gasteiger partial charge on any atom is 0.0517 e. The van der Waals surface area contributed by atoms with Crippen LogP contribution >= 0.6 is 0 Å². The van der Waals surface area contributed by atoms with E-state index in [1.54, 1.807) is 0 Å². The van der Waals surface area contributed by atoms with Crippen LogP contribution in [0.25, 0.3) is 0 Å². The van der Waals surface area contributed by atoms with Crippen molar-refractivity contribution in [1.82, 2.24) is 0 Å². The number of anilines is 1. The summed E-state index contributed by atoms with van der Waals surface area (Å²) < 4.78 is 0. The molecule has 2 nitrogen and oxygen atoms in total. The van der Waals surface area contributed by atoms with Crippen LogP contribution in [-0.4, -0.2) is 18.3 Å². The third-order valence-corrected chi connectivity index (χ3v) is 2.94. The van der Waals surface area contributed by atoms with E-state index in [9.17, 15) is 5.11 Å². The van der Waals surface area contributed by atoms with E-state index in [2.05, 4.69) is 37.4 Å². The van der Waals surface area contributed by atoms with Crippen LogP contribution in [0.5, 0.6) is 0 Å². The molecule has 0 saturated heterocycles. The number of aliphatic hydroxyl groups excluding tert-OH is 1. The number of hydrogen-bond acceptors (Lipinski definition) is 2. The molecule has 2 N–H and O–H groups in total. The van der Waals surface area contributed by atoms with Gasteiger partial charge in [0.25, 0.3) is 0 Å². The summed E-state index contributed by atoms with van der Waals surface area (Å²) in [7, 11) is 0. The average molecular weight is 191 g/mol. The lowest BCUT2D eigenvalue weighted by Crippen LogP contribution is -2.05. The summed E-state index contributed by atoms with van der Waals surface area (Å²) in [5.41, 5.74) is 3.89. The highest BCUT2D eigenvalue weighted by molar-refractivity contribution is 5.64. The summed E-state index contributed by atoms with van der Waals surface area (Å²) in [6, 6.07) is 6.36. The largest absolute Gasteiger partial charge is 0.396 e. The number of hydrogen-bond donors (Lipinski definition) is 2. The van der Waals surface area contributed by atoms with Gasteiger partial charge in [0.05, 0.1) is 6.61 Å². The first-order valence-electron chi connectivity index (χ1n) is 5.21. The maximum atomic E-state index is 9.20. The Bertz CT molecular complexity index is 333. The predicted octanol–water partition coefficient (Wildman–Crippen LogP) is 2.31. The molecular weight excluding hydrogens is 174 g/mol. The van der Waals surface area contributed by atoms with Crippen LogP contribution < -0.4 is 5.32 Å². The van der Waals surface area contributed by atoms with Crippen LogP contribution in [-0.2, 0) is 0 Å². The molecule has 2 heteroatoms. The SMILES string of the molecule is CC(C)c1cccc2c1NCC2CO. The van der Waals surface area contributed by atoms with Crippen LogP contribution in [0.15, 0.2) is 18.2 Å². The molecule has 0 aromatic heterocycles. The molecule has 0 spiro atoms. The zero-order valence-corrected chi connectivity index (χ0v) is 8.75. The smallest absolute Gasteiger partial charge is 0.0517 e. The first kappa shape index (κ1) is 9.53. The van der Waals surface area contributed by atoms with Crippen molar-refractivity contribution in [3.8, 4) is 0 Å². The Morgan fingerprint density at radius 2 is 2.29 bits per heavy atom. The van der Waals surface area contributed by atoms with E-state index < -0.39 is 0 Å². The first-order valence-corrected chi connectivity index (χ1v) is 5.21. The minimum absolute atomic E-state index is 0.238. The normalized spacial score (nSPS) is 19.6. The van der Waals surface area contributed by atoms with Crippen molar-refractivity contribution in [2.45, 2.75) is 25.7 Å². The summed E-state index contributed by atoms with van der Waals surface area (Å²) in [6.45, 7) is 5.50. The Morgan fingerprint density at radius 3 is 2.93 bits per heavy atom. The minimum Gasteiger partial charge on any atom is -0.396 e. The van der Waals surface area contributed by atoms with E-state index in [-0.39, 0.29) is 12.5 Å². The van der Waals surface area contributed by atoms with Crippen molar-refractivity contribution in [2.75, 3.05) is 18.5 Å². The lowest BCUT2D eigenvalue weighted by atomic mass is 9.95. The van der Waals surface area contributed by atoms with Gasteiger partial charge < -0.3 is 10.4 Å². The first-order chi connectivity index (χ1) is 6.74. The number of aliphatic hydroxyl groups is 1. The van der Waals surface area contributed by atoms with E-state index in [0.29, 0.717) is 5.92 Å². The van der Waals surface area contributed by atoms with Gasteiger partial charge in [0.1, 0.15) is 0 Å². The van der Waals surface area contributed by atoms with Gasteiger partial charge in [0.2, 0.25) is 0 Å². The molecule has 1 aromatic rings. The van der Waals surface area contributed by atoms with Crippen molar-refractivity contribution in [1.29, 1.82) is 0 Å². The van der Waals surface area contributed by atoms with Gasteiger partial charge >= 0.3 is 0 Å². The molecule has 0 radical (unpaired) electrons. The molecule has 0 fully saturated rings. The summed E-state index contributed by atoms with van der Waals surface area (Å²) in [5, 5.41) is 12.6. The lowest BCUT2D eigenvalue weighted by Gasteiger charge is -2.12. The molecule has 1 atom stereocenters. The Kier molecular flexibility index (Phi) is 2.46. The van der Waals surface area contributed by atoms with E-state index in [1.165, 1.54) is 16.8 Å². The van der Waals surface area contributed by atoms with Gasteiger partial charge in [-0.05, 0) is 17.0 Å². The molecular formula is C12H17NO. The quantitative estimate of drug-likeness (QED) is 0.752. The molecule has 0 aliphatic carbocycles. The second kappa shape index (κ2) is 3.62. The number of rotatable bonds is 2. The molecule has 1 aliphatic heterocycles. The molecule has 1 heterocycles. The van der Waals surface area contributed by atoms with Crippen LogP contribution in [0.1, 0.15) is 36.8 Å².